The van der Waals surface area contributed by atoms with Crippen LogP contribution in [0.3, 0.4) is 0 Å². The monoisotopic (exact) mass is 180 g/mol. The molecule has 2 aromatic heterocycles. The fourth-order valence-corrected chi connectivity index (χ4v) is 0.895. The fraction of sp³-hybridized carbons (Fsp3) is 0. The SMILES string of the molecule is S=c1[nH]nc(-c2ccnnc2)o1. The van der Waals surface area contributed by atoms with Crippen LogP contribution in [0.2, 0.25) is 0 Å². The van der Waals surface area contributed by atoms with Crippen LogP contribution < -0.4 is 0 Å². The number of hydrogen-bond donors (Lipinski definition) is 1. The second-order valence-electron chi connectivity index (χ2n) is 2.05. The molecule has 2 aromatic rings. The van der Waals surface area contributed by atoms with Crippen LogP contribution in [0.4, 0.5) is 0 Å². The zero-order chi connectivity index (χ0) is 8.39. The third-order valence-corrected chi connectivity index (χ3v) is 1.44. The average molecular weight is 180 g/mol. The van der Waals surface area contributed by atoms with Crippen molar-refractivity contribution < 1.29 is 4.42 Å². The molecule has 0 unspecified atom stereocenters. The zero-order valence-corrected chi connectivity index (χ0v) is 6.71. The Morgan fingerprint density at radius 2 is 2.33 bits per heavy atom. The van der Waals surface area contributed by atoms with Crippen molar-refractivity contribution in [3.05, 3.63) is 23.3 Å². The van der Waals surface area contributed by atoms with Crippen molar-refractivity contribution in [2.45, 2.75) is 0 Å². The molecule has 0 radical (unpaired) electrons. The maximum absolute atomic E-state index is 5.05. The molecule has 0 aliphatic rings. The second kappa shape index (κ2) is 2.82. The highest BCUT2D eigenvalue weighted by Gasteiger charge is 2.01. The molecule has 0 amide bonds. The van der Waals surface area contributed by atoms with Crippen molar-refractivity contribution in [1.82, 2.24) is 20.4 Å². The molecule has 5 nitrogen and oxygen atoms in total. The van der Waals surface area contributed by atoms with Crippen LogP contribution >= 0.6 is 12.2 Å². The van der Waals surface area contributed by atoms with Crippen molar-refractivity contribution in [2.75, 3.05) is 0 Å². The molecule has 12 heavy (non-hydrogen) atoms. The van der Waals surface area contributed by atoms with Gasteiger partial charge < -0.3 is 4.42 Å². The van der Waals surface area contributed by atoms with Gasteiger partial charge >= 0.3 is 0 Å². The van der Waals surface area contributed by atoms with E-state index in [0.717, 1.165) is 5.56 Å². The van der Waals surface area contributed by atoms with Crippen LogP contribution in [-0.4, -0.2) is 20.4 Å². The summed E-state index contributed by atoms with van der Waals surface area (Å²) in [6, 6.07) is 1.74. The van der Waals surface area contributed by atoms with E-state index >= 15 is 0 Å². The van der Waals surface area contributed by atoms with Gasteiger partial charge in [0.25, 0.3) is 4.84 Å². The minimum absolute atomic E-state index is 0.252. The Morgan fingerprint density at radius 3 is 2.92 bits per heavy atom. The summed E-state index contributed by atoms with van der Waals surface area (Å²) in [5.74, 6) is 0.426. The van der Waals surface area contributed by atoms with Gasteiger partial charge in [0.1, 0.15) is 0 Å². The Bertz CT molecular complexity index is 420. The highest BCUT2D eigenvalue weighted by Crippen LogP contribution is 2.12. The van der Waals surface area contributed by atoms with Gasteiger partial charge in [-0.1, -0.05) is 0 Å². The average Bonchev–Trinajstić information content (AvgIpc) is 2.54. The van der Waals surface area contributed by atoms with Gasteiger partial charge in [-0.15, -0.1) is 5.10 Å². The van der Waals surface area contributed by atoms with E-state index in [9.17, 15) is 0 Å². The van der Waals surface area contributed by atoms with Crippen molar-refractivity contribution >= 4 is 12.2 Å². The first kappa shape index (κ1) is 7.11. The molecule has 0 fully saturated rings. The van der Waals surface area contributed by atoms with Crippen molar-refractivity contribution in [2.24, 2.45) is 0 Å². The molecule has 60 valence electrons. The van der Waals surface area contributed by atoms with Gasteiger partial charge in [0.2, 0.25) is 5.89 Å². The lowest BCUT2D eigenvalue weighted by atomic mass is 10.3. The molecule has 0 aromatic carbocycles. The van der Waals surface area contributed by atoms with E-state index in [0.29, 0.717) is 5.89 Å². The van der Waals surface area contributed by atoms with Crippen LogP contribution in [0, 0.1) is 4.84 Å². The van der Waals surface area contributed by atoms with E-state index in [-0.39, 0.29) is 4.84 Å². The molecule has 2 rings (SSSR count). The number of nitrogens with zero attached hydrogens (tertiary/aromatic N) is 3. The van der Waals surface area contributed by atoms with E-state index in [4.69, 9.17) is 16.6 Å². The lowest BCUT2D eigenvalue weighted by Crippen LogP contribution is -1.81. The van der Waals surface area contributed by atoms with E-state index in [1.165, 1.54) is 0 Å². The first-order chi connectivity index (χ1) is 5.86. The minimum Gasteiger partial charge on any atom is -0.409 e. The Morgan fingerprint density at radius 1 is 1.42 bits per heavy atom. The van der Waals surface area contributed by atoms with Gasteiger partial charge in [0.05, 0.1) is 18.0 Å². The highest BCUT2D eigenvalue weighted by molar-refractivity contribution is 7.71. The largest absolute Gasteiger partial charge is 0.409 e. The molecule has 0 saturated carbocycles. The van der Waals surface area contributed by atoms with Gasteiger partial charge in [-0.3, -0.25) is 0 Å². The smallest absolute Gasteiger partial charge is 0.284 e. The van der Waals surface area contributed by atoms with Gasteiger partial charge in [-0.25, -0.2) is 5.10 Å². The normalized spacial score (nSPS) is 10.0. The Balaban J connectivity index is 2.51. The first-order valence-electron chi connectivity index (χ1n) is 3.19. The van der Waals surface area contributed by atoms with Crippen molar-refractivity contribution in [3.63, 3.8) is 0 Å². The summed E-state index contributed by atoms with van der Waals surface area (Å²) in [6.07, 6.45) is 3.11. The maximum Gasteiger partial charge on any atom is 0.284 e. The van der Waals surface area contributed by atoms with Crippen LogP contribution in [0.5, 0.6) is 0 Å². The molecule has 6 heteroatoms. The summed E-state index contributed by atoms with van der Waals surface area (Å²) in [7, 11) is 0. The van der Waals surface area contributed by atoms with E-state index in [1.54, 1.807) is 18.5 Å². The van der Waals surface area contributed by atoms with E-state index in [2.05, 4.69) is 20.4 Å². The summed E-state index contributed by atoms with van der Waals surface area (Å²) in [5, 5.41) is 13.6. The van der Waals surface area contributed by atoms with Gasteiger partial charge in [0.15, 0.2) is 0 Å². The van der Waals surface area contributed by atoms with E-state index in [1.807, 2.05) is 0 Å². The van der Waals surface area contributed by atoms with Crippen LogP contribution in [0.1, 0.15) is 0 Å². The number of rotatable bonds is 1. The molecule has 0 spiro atoms. The fourth-order valence-electron chi connectivity index (χ4n) is 0.771. The third-order valence-electron chi connectivity index (χ3n) is 1.27. The Kier molecular flexibility index (Phi) is 1.67. The molecule has 0 aliphatic carbocycles. The van der Waals surface area contributed by atoms with Crippen molar-refractivity contribution in [1.29, 1.82) is 0 Å². The molecular formula is C6H4N4OS. The number of aromatic amines is 1. The number of hydrogen-bond acceptors (Lipinski definition) is 5. The molecular weight excluding hydrogens is 176 g/mol. The van der Waals surface area contributed by atoms with Crippen molar-refractivity contribution in [3.8, 4) is 11.5 Å². The number of aromatic nitrogens is 4. The Hall–Kier alpha value is -1.56. The third kappa shape index (κ3) is 1.24. The first-order valence-corrected chi connectivity index (χ1v) is 3.59. The summed E-state index contributed by atoms with van der Waals surface area (Å²) < 4.78 is 5.05. The summed E-state index contributed by atoms with van der Waals surface area (Å²) >= 11 is 4.71. The van der Waals surface area contributed by atoms with Crippen LogP contribution in [0.25, 0.3) is 11.5 Å². The molecule has 1 N–H and O–H groups in total. The van der Waals surface area contributed by atoms with E-state index < -0.39 is 0 Å². The molecule has 0 bridgehead atoms. The topological polar surface area (TPSA) is 67.6 Å². The highest BCUT2D eigenvalue weighted by atomic mass is 32.1. The second-order valence-corrected chi connectivity index (χ2v) is 2.42. The predicted molar refractivity (Wildman–Crippen MR) is 42.7 cm³/mol. The van der Waals surface area contributed by atoms with Crippen LogP contribution in [0.15, 0.2) is 22.9 Å². The summed E-state index contributed by atoms with van der Waals surface area (Å²) in [5.41, 5.74) is 0.748. The summed E-state index contributed by atoms with van der Waals surface area (Å²) in [6.45, 7) is 0. The molecule has 2 heterocycles. The molecule has 0 aliphatic heterocycles. The Labute approximate surface area is 72.5 Å². The van der Waals surface area contributed by atoms with Crippen LogP contribution in [-0.2, 0) is 0 Å². The van der Waals surface area contributed by atoms with Gasteiger partial charge in [-0.05, 0) is 18.3 Å². The molecule has 0 atom stereocenters. The lowest BCUT2D eigenvalue weighted by Gasteiger charge is -1.88. The lowest BCUT2D eigenvalue weighted by molar-refractivity contribution is 0.551. The van der Waals surface area contributed by atoms with Gasteiger partial charge in [0, 0.05) is 0 Å². The predicted octanol–water partition coefficient (Wildman–Crippen LogP) is 1.19. The standard InChI is InChI=1S/C6H4N4OS/c12-6-10-9-5(11-6)4-1-2-7-8-3-4/h1-3H,(H,10,12). The zero-order valence-electron chi connectivity index (χ0n) is 5.89. The minimum atomic E-state index is 0.252. The number of nitrogens with one attached hydrogen (secondary N) is 1. The quantitative estimate of drug-likeness (QED) is 0.667. The van der Waals surface area contributed by atoms with Gasteiger partial charge in [-0.2, -0.15) is 10.2 Å². The number of H-pyrrole nitrogens is 1. The molecule has 0 saturated heterocycles. The maximum atomic E-state index is 5.05. The summed E-state index contributed by atoms with van der Waals surface area (Å²) in [4.78, 5) is 0.252.